The Labute approximate surface area is 113 Å². The van der Waals surface area contributed by atoms with Crippen LogP contribution in [-0.4, -0.2) is 22.0 Å². The number of anilines is 1. The summed E-state index contributed by atoms with van der Waals surface area (Å²) in [5.74, 6) is 0.793. The van der Waals surface area contributed by atoms with Crippen LogP contribution in [0, 0.1) is 0 Å². The fraction of sp³-hybridized carbons (Fsp3) is 0.533. The number of likely N-dealkylation sites (tertiary alicyclic amines) is 1. The Bertz CT molecular complexity index is 568. The second kappa shape index (κ2) is 4.85. The Morgan fingerprint density at radius 3 is 2.79 bits per heavy atom. The summed E-state index contributed by atoms with van der Waals surface area (Å²) in [4.78, 5) is 7.04. The van der Waals surface area contributed by atoms with E-state index in [1.165, 1.54) is 19.3 Å². The van der Waals surface area contributed by atoms with Crippen molar-refractivity contribution in [2.75, 3.05) is 5.73 Å². The van der Waals surface area contributed by atoms with Crippen LogP contribution in [-0.2, 0) is 6.54 Å². The molecule has 2 N–H and O–H groups in total. The first kappa shape index (κ1) is 12.5. The minimum atomic E-state index is 0.601. The van der Waals surface area contributed by atoms with Gasteiger partial charge >= 0.3 is 0 Å². The molecule has 0 bridgehead atoms. The van der Waals surface area contributed by atoms with Crippen LogP contribution in [0.5, 0.6) is 0 Å². The second-order valence-electron chi connectivity index (χ2n) is 5.64. The highest BCUT2D eigenvalue weighted by atomic mass is 16.3. The number of nitrogens with zero attached hydrogens (tertiary/aromatic N) is 2. The number of piperidine rings is 1. The number of fused-ring (bicyclic) bond motifs is 1. The number of aromatic nitrogens is 1. The molecule has 0 aliphatic carbocycles. The van der Waals surface area contributed by atoms with E-state index in [2.05, 4.69) is 23.7 Å². The molecule has 102 valence electrons. The van der Waals surface area contributed by atoms with E-state index in [-0.39, 0.29) is 0 Å². The van der Waals surface area contributed by atoms with Gasteiger partial charge < -0.3 is 10.2 Å². The molecule has 0 radical (unpaired) electrons. The van der Waals surface area contributed by atoms with Gasteiger partial charge in [0.2, 0.25) is 5.89 Å². The summed E-state index contributed by atoms with van der Waals surface area (Å²) in [6.45, 7) is 5.36. The first-order valence-corrected chi connectivity index (χ1v) is 7.04. The molecule has 1 aromatic heterocycles. The highest BCUT2D eigenvalue weighted by Crippen LogP contribution is 2.26. The van der Waals surface area contributed by atoms with Gasteiger partial charge in [-0.1, -0.05) is 6.42 Å². The maximum Gasteiger partial charge on any atom is 0.209 e. The van der Waals surface area contributed by atoms with Crippen LogP contribution >= 0.6 is 0 Å². The van der Waals surface area contributed by atoms with E-state index in [0.717, 1.165) is 29.2 Å². The van der Waals surface area contributed by atoms with Crippen molar-refractivity contribution in [3.63, 3.8) is 0 Å². The van der Waals surface area contributed by atoms with Gasteiger partial charge in [0.1, 0.15) is 5.52 Å². The minimum absolute atomic E-state index is 0.601. The van der Waals surface area contributed by atoms with Gasteiger partial charge in [-0.15, -0.1) is 0 Å². The van der Waals surface area contributed by atoms with Gasteiger partial charge in [-0.25, -0.2) is 4.98 Å². The van der Waals surface area contributed by atoms with Crippen LogP contribution in [0.1, 0.15) is 39.0 Å². The topological polar surface area (TPSA) is 55.3 Å². The zero-order valence-corrected chi connectivity index (χ0v) is 11.6. The van der Waals surface area contributed by atoms with Crippen molar-refractivity contribution in [1.82, 2.24) is 9.88 Å². The smallest absolute Gasteiger partial charge is 0.209 e. The third-order valence-electron chi connectivity index (χ3n) is 4.15. The maximum atomic E-state index is 5.82. The highest BCUT2D eigenvalue weighted by molar-refractivity contribution is 5.76. The summed E-state index contributed by atoms with van der Waals surface area (Å²) < 4.78 is 5.82. The third kappa shape index (κ3) is 2.45. The monoisotopic (exact) mass is 259 g/mol. The normalized spacial score (nSPS) is 24.9. The molecule has 3 rings (SSSR count). The van der Waals surface area contributed by atoms with Crippen molar-refractivity contribution < 1.29 is 4.42 Å². The molecule has 0 amide bonds. The van der Waals surface area contributed by atoms with Crippen LogP contribution in [0.15, 0.2) is 22.6 Å². The molecule has 19 heavy (non-hydrogen) atoms. The Hall–Kier alpha value is -1.55. The second-order valence-corrected chi connectivity index (χ2v) is 5.64. The van der Waals surface area contributed by atoms with E-state index in [4.69, 9.17) is 10.2 Å². The van der Waals surface area contributed by atoms with Crippen LogP contribution in [0.2, 0.25) is 0 Å². The number of nitrogen functional groups attached to an aromatic ring is 1. The quantitative estimate of drug-likeness (QED) is 0.842. The Morgan fingerprint density at radius 1 is 1.32 bits per heavy atom. The van der Waals surface area contributed by atoms with Gasteiger partial charge in [0.25, 0.3) is 0 Å². The van der Waals surface area contributed by atoms with E-state index in [0.29, 0.717) is 12.1 Å². The largest absolute Gasteiger partial charge is 0.439 e. The number of hydrogen-bond acceptors (Lipinski definition) is 4. The number of nitrogens with two attached hydrogens (primary N) is 1. The van der Waals surface area contributed by atoms with Gasteiger partial charge in [-0.05, 0) is 38.8 Å². The summed E-state index contributed by atoms with van der Waals surface area (Å²) in [5, 5.41) is 0. The van der Waals surface area contributed by atoms with Crippen LogP contribution in [0.25, 0.3) is 11.1 Å². The fourth-order valence-electron chi connectivity index (χ4n) is 3.00. The van der Waals surface area contributed by atoms with Gasteiger partial charge in [-0.2, -0.15) is 0 Å². The summed E-state index contributed by atoms with van der Waals surface area (Å²) in [5.41, 5.74) is 8.16. The van der Waals surface area contributed by atoms with Crippen LogP contribution in [0.4, 0.5) is 5.69 Å². The zero-order valence-electron chi connectivity index (χ0n) is 11.6. The number of rotatable bonds is 2. The predicted molar refractivity (Wildman–Crippen MR) is 76.7 cm³/mol. The molecule has 2 aromatic rings. The van der Waals surface area contributed by atoms with E-state index >= 15 is 0 Å². The fourth-order valence-corrected chi connectivity index (χ4v) is 3.00. The molecule has 1 fully saturated rings. The van der Waals surface area contributed by atoms with Crippen molar-refractivity contribution in [3.8, 4) is 0 Å². The summed E-state index contributed by atoms with van der Waals surface area (Å²) >= 11 is 0. The molecule has 1 aliphatic rings. The number of oxazole rings is 1. The molecule has 0 spiro atoms. The average Bonchev–Trinajstić information content (AvgIpc) is 2.75. The van der Waals surface area contributed by atoms with Gasteiger partial charge in [0.15, 0.2) is 5.58 Å². The lowest BCUT2D eigenvalue weighted by atomic mass is 9.98. The van der Waals surface area contributed by atoms with Gasteiger partial charge in [-0.3, -0.25) is 4.90 Å². The van der Waals surface area contributed by atoms with Crippen molar-refractivity contribution >= 4 is 16.8 Å². The lowest BCUT2D eigenvalue weighted by Crippen LogP contribution is -2.43. The molecule has 4 heteroatoms. The first-order valence-electron chi connectivity index (χ1n) is 7.04. The van der Waals surface area contributed by atoms with Crippen molar-refractivity contribution in [1.29, 1.82) is 0 Å². The van der Waals surface area contributed by atoms with E-state index in [1.54, 1.807) is 0 Å². The lowest BCUT2D eigenvalue weighted by molar-refractivity contribution is 0.0858. The van der Waals surface area contributed by atoms with Gasteiger partial charge in [0, 0.05) is 23.8 Å². The van der Waals surface area contributed by atoms with E-state index < -0.39 is 0 Å². The highest BCUT2D eigenvalue weighted by Gasteiger charge is 2.26. The van der Waals surface area contributed by atoms with Gasteiger partial charge in [0.05, 0.1) is 6.54 Å². The predicted octanol–water partition coefficient (Wildman–Crippen LogP) is 3.17. The molecule has 2 atom stereocenters. The summed E-state index contributed by atoms with van der Waals surface area (Å²) in [7, 11) is 0. The van der Waals surface area contributed by atoms with Crippen molar-refractivity contribution in [2.24, 2.45) is 0 Å². The average molecular weight is 259 g/mol. The molecule has 1 aromatic carbocycles. The maximum absolute atomic E-state index is 5.82. The summed E-state index contributed by atoms with van der Waals surface area (Å²) in [6, 6.07) is 6.82. The number of benzene rings is 1. The summed E-state index contributed by atoms with van der Waals surface area (Å²) in [6.07, 6.45) is 3.85. The van der Waals surface area contributed by atoms with Crippen molar-refractivity contribution in [3.05, 3.63) is 24.1 Å². The SMILES string of the molecule is CC1CCCC(C)N1Cc1nc2ccc(N)cc2o1. The molecule has 2 unspecified atom stereocenters. The lowest BCUT2D eigenvalue weighted by Gasteiger charge is -2.38. The molecular weight excluding hydrogens is 238 g/mol. The number of hydrogen-bond donors (Lipinski definition) is 1. The minimum Gasteiger partial charge on any atom is -0.439 e. The Morgan fingerprint density at radius 2 is 2.05 bits per heavy atom. The first-order chi connectivity index (χ1) is 9.13. The van der Waals surface area contributed by atoms with E-state index in [9.17, 15) is 0 Å². The molecule has 0 saturated carbocycles. The Balaban J connectivity index is 1.84. The Kier molecular flexibility index (Phi) is 3.19. The molecule has 1 aliphatic heterocycles. The standard InChI is InChI=1S/C15H21N3O/c1-10-4-3-5-11(2)18(10)9-15-17-13-7-6-12(16)8-14(13)19-15/h6-8,10-11H,3-5,9,16H2,1-2H3. The van der Waals surface area contributed by atoms with E-state index in [1.807, 2.05) is 18.2 Å². The molecule has 1 saturated heterocycles. The molecule has 2 heterocycles. The van der Waals surface area contributed by atoms with Crippen molar-refractivity contribution in [2.45, 2.75) is 51.7 Å². The molecule has 4 nitrogen and oxygen atoms in total. The van der Waals surface area contributed by atoms with Crippen LogP contribution in [0.3, 0.4) is 0 Å². The van der Waals surface area contributed by atoms with Crippen LogP contribution < -0.4 is 5.73 Å². The third-order valence-corrected chi connectivity index (χ3v) is 4.15. The molecular formula is C15H21N3O. The zero-order chi connectivity index (χ0) is 13.4.